The number of allylic oxidation sites excluding steroid dienone is 1. The predicted molar refractivity (Wildman–Crippen MR) is 65.2 cm³/mol. The van der Waals surface area contributed by atoms with Crippen LogP contribution in [0.1, 0.15) is 0 Å². The van der Waals surface area contributed by atoms with Crippen molar-refractivity contribution in [1.82, 2.24) is 13.7 Å². The Kier molecular flexibility index (Phi) is 3.61. The highest BCUT2D eigenvalue weighted by atomic mass is 16.6. The van der Waals surface area contributed by atoms with Crippen LogP contribution in [-0.2, 0) is 29.2 Å². The minimum atomic E-state index is -0.810. The van der Waals surface area contributed by atoms with Crippen molar-refractivity contribution in [2.24, 2.45) is 0 Å². The van der Waals surface area contributed by atoms with Crippen LogP contribution in [0.3, 0.4) is 0 Å². The molecule has 102 valence electrons. The van der Waals surface area contributed by atoms with Gasteiger partial charge in [0, 0.05) is 0 Å². The fraction of sp³-hybridized carbons (Fsp3) is 0.455. The summed E-state index contributed by atoms with van der Waals surface area (Å²) in [5.74, 6) is 0. The maximum atomic E-state index is 12.0. The Hall–Kier alpha value is -2.22. The van der Waals surface area contributed by atoms with Crippen LogP contribution in [0.15, 0.2) is 27.0 Å². The fourth-order valence-electron chi connectivity index (χ4n) is 1.73. The summed E-state index contributed by atoms with van der Waals surface area (Å²) in [6.45, 7) is 3.59. The number of hydrogen-bond acceptors (Lipinski definition) is 5. The van der Waals surface area contributed by atoms with Gasteiger partial charge in [-0.05, 0) is 0 Å². The zero-order valence-electron chi connectivity index (χ0n) is 10.2. The number of ether oxygens (including phenoxy) is 1. The van der Waals surface area contributed by atoms with Crippen molar-refractivity contribution in [3.05, 3.63) is 44.1 Å². The molecule has 0 saturated carbocycles. The second kappa shape index (κ2) is 5.19. The van der Waals surface area contributed by atoms with Crippen molar-refractivity contribution >= 4 is 6.29 Å². The minimum absolute atomic E-state index is 0.0255. The molecule has 19 heavy (non-hydrogen) atoms. The molecule has 2 heterocycles. The Balaban J connectivity index is 2.67. The van der Waals surface area contributed by atoms with Gasteiger partial charge >= 0.3 is 17.1 Å². The maximum Gasteiger partial charge on any atom is 0.337 e. The molecule has 0 amide bonds. The van der Waals surface area contributed by atoms with E-state index in [0.29, 0.717) is 12.9 Å². The van der Waals surface area contributed by atoms with E-state index >= 15 is 0 Å². The Morgan fingerprint density at radius 2 is 1.63 bits per heavy atom. The molecule has 1 atom stereocenters. The van der Waals surface area contributed by atoms with Crippen molar-refractivity contribution in [3.63, 3.8) is 0 Å². The normalized spacial score (nSPS) is 17.2. The topological polar surface area (TPSA) is 95.6 Å². The Morgan fingerprint density at radius 3 is 2.11 bits per heavy atom. The molecule has 0 bridgehead atoms. The van der Waals surface area contributed by atoms with Gasteiger partial charge in [-0.2, -0.15) is 0 Å². The molecule has 0 N–H and O–H groups in total. The Labute approximate surface area is 107 Å². The lowest BCUT2D eigenvalue weighted by Gasteiger charge is -2.10. The first kappa shape index (κ1) is 13.2. The average Bonchev–Trinajstić information content (AvgIpc) is 3.20. The van der Waals surface area contributed by atoms with Crippen LogP contribution >= 0.6 is 0 Å². The SMILES string of the molecule is C=CCn1c(=O)n(CC=O)c(=O)n(CC2CO2)c1=O. The number of carbonyl (C=O) groups excluding carboxylic acids is 1. The molecule has 8 heteroatoms. The zero-order valence-corrected chi connectivity index (χ0v) is 10.2. The van der Waals surface area contributed by atoms with Crippen LogP contribution in [-0.4, -0.2) is 32.7 Å². The average molecular weight is 267 g/mol. The standard InChI is InChI=1S/C11H13N3O5/c1-2-3-12-9(16)13(4-5-15)11(18)14(10(12)17)6-8-7-19-8/h2,5,8H,1,3-4,6-7H2. The summed E-state index contributed by atoms with van der Waals surface area (Å²) in [4.78, 5) is 46.5. The van der Waals surface area contributed by atoms with Gasteiger partial charge in [0.2, 0.25) is 0 Å². The van der Waals surface area contributed by atoms with Crippen molar-refractivity contribution in [3.8, 4) is 0 Å². The summed E-state index contributed by atoms with van der Waals surface area (Å²) >= 11 is 0. The quantitative estimate of drug-likeness (QED) is 0.336. The molecule has 1 aromatic heterocycles. The molecular weight excluding hydrogens is 254 g/mol. The molecule has 2 rings (SSSR count). The van der Waals surface area contributed by atoms with Gasteiger partial charge in [0.05, 0.1) is 32.3 Å². The summed E-state index contributed by atoms with van der Waals surface area (Å²) in [6, 6.07) is 0. The molecular formula is C11H13N3O5. The summed E-state index contributed by atoms with van der Waals surface area (Å²) in [5.41, 5.74) is -2.32. The van der Waals surface area contributed by atoms with E-state index in [0.717, 1.165) is 13.7 Å². The number of carbonyl (C=O) groups is 1. The van der Waals surface area contributed by atoms with Crippen LogP contribution in [0.4, 0.5) is 0 Å². The summed E-state index contributed by atoms with van der Waals surface area (Å²) < 4.78 is 7.46. The molecule has 1 aromatic rings. The lowest BCUT2D eigenvalue weighted by atomic mass is 10.4. The first-order valence-electron chi connectivity index (χ1n) is 5.70. The third-order valence-electron chi connectivity index (χ3n) is 2.74. The molecule has 1 aliphatic heterocycles. The van der Waals surface area contributed by atoms with Gasteiger partial charge in [-0.15, -0.1) is 6.58 Å². The van der Waals surface area contributed by atoms with Gasteiger partial charge in [-0.25, -0.2) is 28.1 Å². The number of aromatic nitrogens is 3. The molecule has 1 aliphatic rings. The van der Waals surface area contributed by atoms with Gasteiger partial charge in [0.15, 0.2) is 0 Å². The number of epoxide rings is 1. The zero-order chi connectivity index (χ0) is 14.0. The lowest BCUT2D eigenvalue weighted by Crippen LogP contribution is -2.55. The number of aldehydes is 1. The fourth-order valence-corrected chi connectivity index (χ4v) is 1.73. The number of nitrogens with zero attached hydrogens (tertiary/aromatic N) is 3. The van der Waals surface area contributed by atoms with Gasteiger partial charge in [-0.3, -0.25) is 0 Å². The van der Waals surface area contributed by atoms with E-state index in [1.807, 2.05) is 0 Å². The molecule has 1 unspecified atom stereocenters. The van der Waals surface area contributed by atoms with E-state index in [4.69, 9.17) is 4.74 Å². The third-order valence-corrected chi connectivity index (χ3v) is 2.74. The van der Waals surface area contributed by atoms with Crippen molar-refractivity contribution < 1.29 is 9.53 Å². The van der Waals surface area contributed by atoms with Gasteiger partial charge < -0.3 is 9.53 Å². The summed E-state index contributed by atoms with van der Waals surface area (Å²) in [7, 11) is 0. The van der Waals surface area contributed by atoms with Crippen LogP contribution in [0, 0.1) is 0 Å². The second-order valence-corrected chi connectivity index (χ2v) is 4.09. The van der Waals surface area contributed by atoms with Crippen molar-refractivity contribution in [1.29, 1.82) is 0 Å². The Bertz CT molecular complexity index is 629. The lowest BCUT2D eigenvalue weighted by molar-refractivity contribution is -0.108. The molecule has 1 saturated heterocycles. The predicted octanol–water partition coefficient (Wildman–Crippen LogP) is -2.04. The van der Waals surface area contributed by atoms with Gasteiger partial charge in [0.25, 0.3) is 0 Å². The number of rotatable bonds is 6. The van der Waals surface area contributed by atoms with E-state index in [1.165, 1.54) is 6.08 Å². The molecule has 8 nitrogen and oxygen atoms in total. The van der Waals surface area contributed by atoms with Crippen LogP contribution < -0.4 is 17.1 Å². The summed E-state index contributed by atoms with van der Waals surface area (Å²) in [6.07, 6.45) is 1.62. The molecule has 0 radical (unpaired) electrons. The smallest absolute Gasteiger partial charge is 0.337 e. The van der Waals surface area contributed by atoms with E-state index in [9.17, 15) is 19.2 Å². The maximum absolute atomic E-state index is 12.0. The molecule has 1 fully saturated rings. The largest absolute Gasteiger partial charge is 0.371 e. The van der Waals surface area contributed by atoms with Crippen LogP contribution in [0.2, 0.25) is 0 Å². The highest BCUT2D eigenvalue weighted by Gasteiger charge is 2.26. The second-order valence-electron chi connectivity index (χ2n) is 4.09. The molecule has 0 aliphatic carbocycles. The molecule has 0 aromatic carbocycles. The van der Waals surface area contributed by atoms with E-state index in [1.54, 1.807) is 0 Å². The highest BCUT2D eigenvalue weighted by molar-refractivity contribution is 5.48. The van der Waals surface area contributed by atoms with Crippen molar-refractivity contribution in [2.75, 3.05) is 6.61 Å². The Morgan fingerprint density at radius 1 is 1.11 bits per heavy atom. The third kappa shape index (κ3) is 2.48. The van der Waals surface area contributed by atoms with Gasteiger partial charge in [0.1, 0.15) is 6.29 Å². The van der Waals surface area contributed by atoms with Gasteiger partial charge in [-0.1, -0.05) is 6.08 Å². The highest BCUT2D eigenvalue weighted by Crippen LogP contribution is 2.08. The van der Waals surface area contributed by atoms with Crippen LogP contribution in [0.25, 0.3) is 0 Å². The minimum Gasteiger partial charge on any atom is -0.371 e. The molecule has 0 spiro atoms. The number of hydrogen-bond donors (Lipinski definition) is 0. The first-order valence-corrected chi connectivity index (χ1v) is 5.70. The summed E-state index contributed by atoms with van der Waals surface area (Å²) in [5, 5.41) is 0. The van der Waals surface area contributed by atoms with E-state index < -0.39 is 17.1 Å². The monoisotopic (exact) mass is 267 g/mol. The van der Waals surface area contributed by atoms with E-state index in [-0.39, 0.29) is 25.7 Å². The van der Waals surface area contributed by atoms with Crippen LogP contribution in [0.5, 0.6) is 0 Å². The first-order chi connectivity index (χ1) is 9.10. The van der Waals surface area contributed by atoms with Crippen molar-refractivity contribution in [2.45, 2.75) is 25.7 Å². The van der Waals surface area contributed by atoms with E-state index in [2.05, 4.69) is 6.58 Å².